The van der Waals surface area contributed by atoms with Gasteiger partial charge in [-0.05, 0) is 54.8 Å². The van der Waals surface area contributed by atoms with Gasteiger partial charge in [-0.3, -0.25) is 9.52 Å². The normalized spacial score (nSPS) is 11.4. The van der Waals surface area contributed by atoms with Crippen molar-refractivity contribution < 1.29 is 13.2 Å². The monoisotopic (exact) mass is 380 g/mol. The molecule has 0 aliphatic rings. The first-order valence-electron chi connectivity index (χ1n) is 7.94. The summed E-state index contributed by atoms with van der Waals surface area (Å²) in [5.74, 6) is 0.194. The van der Waals surface area contributed by atoms with Gasteiger partial charge in [0.15, 0.2) is 0 Å². The van der Waals surface area contributed by atoms with Crippen molar-refractivity contribution in [1.82, 2.24) is 5.32 Å². The smallest absolute Gasteiger partial charge is 0.261 e. The Morgan fingerprint density at radius 1 is 1.12 bits per heavy atom. The lowest BCUT2D eigenvalue weighted by molar-refractivity contribution is 0.0952. The average molecular weight is 381 g/mol. The van der Waals surface area contributed by atoms with E-state index in [4.69, 9.17) is 11.6 Å². The lowest BCUT2D eigenvalue weighted by atomic mass is 10.1. The van der Waals surface area contributed by atoms with E-state index in [1.807, 2.05) is 0 Å². The van der Waals surface area contributed by atoms with E-state index in [0.717, 1.165) is 6.42 Å². The fourth-order valence-corrected chi connectivity index (χ4v) is 3.34. The molecule has 2 rings (SSSR count). The van der Waals surface area contributed by atoms with Crippen LogP contribution >= 0.6 is 11.6 Å². The van der Waals surface area contributed by atoms with E-state index in [0.29, 0.717) is 28.7 Å². The van der Waals surface area contributed by atoms with Crippen LogP contribution in [0.15, 0.2) is 53.4 Å². The van der Waals surface area contributed by atoms with Crippen LogP contribution in [-0.4, -0.2) is 20.9 Å². The van der Waals surface area contributed by atoms with Gasteiger partial charge in [0.2, 0.25) is 0 Å². The highest BCUT2D eigenvalue weighted by molar-refractivity contribution is 7.92. The molecule has 0 heterocycles. The number of carbonyl (C=O) groups is 1. The van der Waals surface area contributed by atoms with Gasteiger partial charge in [-0.15, -0.1) is 0 Å². The van der Waals surface area contributed by atoms with Crippen molar-refractivity contribution in [2.24, 2.45) is 5.92 Å². The lowest BCUT2D eigenvalue weighted by Gasteiger charge is -2.10. The predicted molar refractivity (Wildman–Crippen MR) is 100 cm³/mol. The largest absolute Gasteiger partial charge is 0.352 e. The highest BCUT2D eigenvalue weighted by Gasteiger charge is 2.16. The van der Waals surface area contributed by atoms with Crippen LogP contribution in [0.1, 0.15) is 30.6 Å². The number of amides is 1. The van der Waals surface area contributed by atoms with Crippen LogP contribution in [0.4, 0.5) is 5.69 Å². The minimum absolute atomic E-state index is 0.0268. The highest BCUT2D eigenvalue weighted by Crippen LogP contribution is 2.19. The minimum atomic E-state index is -3.79. The molecule has 0 fully saturated rings. The van der Waals surface area contributed by atoms with E-state index in [9.17, 15) is 13.2 Å². The van der Waals surface area contributed by atoms with Gasteiger partial charge in [-0.2, -0.15) is 0 Å². The van der Waals surface area contributed by atoms with Crippen molar-refractivity contribution >= 4 is 33.2 Å². The first-order chi connectivity index (χ1) is 11.8. The van der Waals surface area contributed by atoms with E-state index in [1.54, 1.807) is 36.4 Å². The maximum absolute atomic E-state index is 12.5. The van der Waals surface area contributed by atoms with Gasteiger partial charge in [0.1, 0.15) is 0 Å². The summed E-state index contributed by atoms with van der Waals surface area (Å²) in [5, 5.41) is 3.31. The molecule has 5 nitrogen and oxygen atoms in total. The van der Waals surface area contributed by atoms with Crippen molar-refractivity contribution in [1.29, 1.82) is 0 Å². The molecule has 1 amide bonds. The molecule has 0 aliphatic heterocycles. The molecule has 0 unspecified atom stereocenters. The summed E-state index contributed by atoms with van der Waals surface area (Å²) in [5.41, 5.74) is 0.707. The average Bonchev–Trinajstić information content (AvgIpc) is 2.56. The topological polar surface area (TPSA) is 75.3 Å². The van der Waals surface area contributed by atoms with Crippen molar-refractivity contribution in [2.45, 2.75) is 25.2 Å². The molecule has 25 heavy (non-hydrogen) atoms. The number of anilines is 1. The number of carbonyl (C=O) groups excluding carboxylic acids is 1. The molecule has 134 valence electrons. The van der Waals surface area contributed by atoms with Crippen LogP contribution in [0.5, 0.6) is 0 Å². The van der Waals surface area contributed by atoms with E-state index < -0.39 is 10.0 Å². The molecular formula is C18H21ClN2O3S. The highest BCUT2D eigenvalue weighted by atomic mass is 35.5. The molecule has 0 saturated heterocycles. The molecule has 0 atom stereocenters. The summed E-state index contributed by atoms with van der Waals surface area (Å²) >= 11 is 5.79. The second-order valence-corrected chi connectivity index (χ2v) is 8.20. The van der Waals surface area contributed by atoms with E-state index in [1.165, 1.54) is 12.1 Å². The molecule has 2 N–H and O–H groups in total. The van der Waals surface area contributed by atoms with Crippen LogP contribution in [-0.2, 0) is 10.0 Å². The number of hydrogen-bond donors (Lipinski definition) is 2. The van der Waals surface area contributed by atoms with E-state index >= 15 is 0 Å². The maximum atomic E-state index is 12.5. The fourth-order valence-electron chi connectivity index (χ4n) is 2.11. The Morgan fingerprint density at radius 2 is 1.80 bits per heavy atom. The number of sulfonamides is 1. The molecule has 0 aromatic heterocycles. The Labute approximate surface area is 153 Å². The van der Waals surface area contributed by atoms with Crippen LogP contribution in [0, 0.1) is 5.92 Å². The Kier molecular flexibility index (Phi) is 6.45. The van der Waals surface area contributed by atoms with Crippen LogP contribution in [0.2, 0.25) is 5.02 Å². The zero-order valence-corrected chi connectivity index (χ0v) is 15.7. The zero-order chi connectivity index (χ0) is 18.4. The second-order valence-electron chi connectivity index (χ2n) is 6.08. The molecule has 7 heteroatoms. The van der Waals surface area contributed by atoms with Gasteiger partial charge in [0.25, 0.3) is 15.9 Å². The van der Waals surface area contributed by atoms with E-state index in [-0.39, 0.29) is 10.8 Å². The quantitative estimate of drug-likeness (QED) is 0.764. The van der Waals surface area contributed by atoms with Crippen molar-refractivity contribution in [2.75, 3.05) is 11.3 Å². The maximum Gasteiger partial charge on any atom is 0.261 e. The number of rotatable bonds is 7. The second kappa shape index (κ2) is 8.36. The first kappa shape index (κ1) is 19.3. The summed E-state index contributed by atoms with van der Waals surface area (Å²) in [6.45, 7) is 4.69. The minimum Gasteiger partial charge on any atom is -0.352 e. The summed E-state index contributed by atoms with van der Waals surface area (Å²) in [7, 11) is -3.79. The fraction of sp³-hybridized carbons (Fsp3) is 0.278. The summed E-state index contributed by atoms with van der Waals surface area (Å²) in [6.07, 6.45) is 0.863. The third-order valence-electron chi connectivity index (χ3n) is 3.51. The van der Waals surface area contributed by atoms with Gasteiger partial charge in [-0.1, -0.05) is 31.5 Å². The van der Waals surface area contributed by atoms with Crippen molar-refractivity contribution in [3.05, 3.63) is 59.1 Å². The molecule has 0 bridgehead atoms. The number of hydrogen-bond acceptors (Lipinski definition) is 3. The molecule has 2 aromatic rings. The lowest BCUT2D eigenvalue weighted by Crippen LogP contribution is -2.25. The van der Waals surface area contributed by atoms with E-state index in [2.05, 4.69) is 23.9 Å². The Morgan fingerprint density at radius 3 is 2.44 bits per heavy atom. The third-order valence-corrected chi connectivity index (χ3v) is 5.14. The van der Waals surface area contributed by atoms with Gasteiger partial charge < -0.3 is 5.32 Å². The van der Waals surface area contributed by atoms with Crippen molar-refractivity contribution in [3.8, 4) is 0 Å². The Bertz CT molecular complexity index is 834. The zero-order valence-electron chi connectivity index (χ0n) is 14.1. The molecular weight excluding hydrogens is 360 g/mol. The van der Waals surface area contributed by atoms with Crippen molar-refractivity contribution in [3.63, 3.8) is 0 Å². The van der Waals surface area contributed by atoms with Crippen LogP contribution in [0.3, 0.4) is 0 Å². The third kappa shape index (κ3) is 5.76. The first-order valence-corrected chi connectivity index (χ1v) is 9.81. The predicted octanol–water partition coefficient (Wildman–Crippen LogP) is 3.92. The molecule has 2 aromatic carbocycles. The molecule has 0 radical (unpaired) electrons. The van der Waals surface area contributed by atoms with Gasteiger partial charge >= 0.3 is 0 Å². The Hall–Kier alpha value is -2.05. The van der Waals surface area contributed by atoms with Gasteiger partial charge in [0.05, 0.1) is 4.90 Å². The Balaban J connectivity index is 2.13. The summed E-state index contributed by atoms with van der Waals surface area (Å²) < 4.78 is 27.4. The number of benzene rings is 2. The van der Waals surface area contributed by atoms with Crippen LogP contribution < -0.4 is 10.0 Å². The molecule has 0 spiro atoms. The number of nitrogens with one attached hydrogen (secondary N) is 2. The SMILES string of the molecule is CC(C)CCNC(=O)c1cccc(S(=O)(=O)Nc2ccc(Cl)cc2)c1. The molecule has 0 aliphatic carbocycles. The van der Waals surface area contributed by atoms with Crippen LogP contribution in [0.25, 0.3) is 0 Å². The summed E-state index contributed by atoms with van der Waals surface area (Å²) in [4.78, 5) is 12.2. The van der Waals surface area contributed by atoms with Gasteiger partial charge in [0, 0.05) is 22.8 Å². The number of halogens is 1. The standard InChI is InChI=1S/C18H21ClN2O3S/c1-13(2)10-11-20-18(22)14-4-3-5-17(12-14)25(23,24)21-16-8-6-15(19)7-9-16/h3-9,12-13,21H,10-11H2,1-2H3,(H,20,22). The van der Waals surface area contributed by atoms with Gasteiger partial charge in [-0.25, -0.2) is 8.42 Å². The summed E-state index contributed by atoms with van der Waals surface area (Å²) in [6, 6.07) is 12.3. The molecule has 0 saturated carbocycles.